The first-order chi connectivity index (χ1) is 58.0. The Morgan fingerprint density at radius 2 is 0.800 bits per heavy atom. The van der Waals surface area contributed by atoms with E-state index in [2.05, 4.69) is 405 Å². The minimum atomic E-state index is -0.383. The molecular formula is C110H87BN6O3. The third kappa shape index (κ3) is 11.0. The second-order valence-corrected chi connectivity index (χ2v) is 37.3. The van der Waals surface area contributed by atoms with E-state index in [1.165, 1.54) is 33.0 Å². The summed E-state index contributed by atoms with van der Waals surface area (Å²) in [6, 6.07) is 114. The molecule has 0 atom stereocenters. The van der Waals surface area contributed by atoms with E-state index < -0.39 is 0 Å². The lowest BCUT2D eigenvalue weighted by molar-refractivity contribution is 0.488. The van der Waals surface area contributed by atoms with E-state index in [-0.39, 0.29) is 28.4 Å². The summed E-state index contributed by atoms with van der Waals surface area (Å²) in [4.78, 5) is 14.4. The van der Waals surface area contributed by atoms with Gasteiger partial charge in [0.1, 0.15) is 45.5 Å². The van der Waals surface area contributed by atoms with E-state index in [1.54, 1.807) is 0 Å². The van der Waals surface area contributed by atoms with Crippen molar-refractivity contribution < 1.29 is 13.6 Å². The Kier molecular flexibility index (Phi) is 15.3. The molecule has 0 fully saturated rings. The van der Waals surface area contributed by atoms with Crippen molar-refractivity contribution in [1.82, 2.24) is 23.7 Å². The van der Waals surface area contributed by atoms with Crippen molar-refractivity contribution in [2.45, 2.75) is 105 Å². The van der Waals surface area contributed by atoms with Crippen LogP contribution in [0.15, 0.2) is 318 Å². The zero-order valence-corrected chi connectivity index (χ0v) is 69.4. The molecule has 0 saturated heterocycles. The van der Waals surface area contributed by atoms with Gasteiger partial charge in [0.25, 0.3) is 6.71 Å². The maximum atomic E-state index is 7.79. The van der Waals surface area contributed by atoms with Gasteiger partial charge in [-0.1, -0.05) is 259 Å². The van der Waals surface area contributed by atoms with Crippen molar-refractivity contribution in [2.75, 3.05) is 4.90 Å². The molecule has 120 heavy (non-hydrogen) atoms. The monoisotopic (exact) mass is 1550 g/mol. The second-order valence-electron chi connectivity index (χ2n) is 37.3. The largest absolute Gasteiger partial charge is 0.458 e. The smallest absolute Gasteiger partial charge is 0.256 e. The molecule has 7 aromatic heterocycles. The molecule has 9 nitrogen and oxygen atoms in total. The van der Waals surface area contributed by atoms with E-state index in [9.17, 15) is 0 Å². The SMILES string of the molecule is CC(C)(C)c1cc(-c2cc3c4c(c2)N(c2ccccc2-c2ccccc2)c2ccc(-c5cccc(-n6c7ccccc7c7ccc8oc9ccccc9c8c76)n5)cc2B4c2cc(-c4cc(-n5c6ccc(C(C)(C)C)cc6c6cc(C(C)(C)C)ccc65)cc(-n5c6ccccc6c6ccc7oc8ccccc8c7c65)n4)ccc2O3)cc(C(C)(C)C)c1. The summed E-state index contributed by atoms with van der Waals surface area (Å²) < 4.78 is 28.4. The lowest BCUT2D eigenvalue weighted by Crippen LogP contribution is -2.59. The van der Waals surface area contributed by atoms with E-state index >= 15 is 0 Å². The van der Waals surface area contributed by atoms with E-state index in [4.69, 9.17) is 23.5 Å². The van der Waals surface area contributed by atoms with Crippen molar-refractivity contribution in [1.29, 1.82) is 0 Å². The van der Waals surface area contributed by atoms with Gasteiger partial charge in [-0.15, -0.1) is 0 Å². The normalized spacial score (nSPS) is 13.2. The zero-order valence-electron chi connectivity index (χ0n) is 69.4. The number of nitrogens with zero attached hydrogens (tertiary/aromatic N) is 6. The van der Waals surface area contributed by atoms with E-state index in [0.29, 0.717) is 0 Å². The molecule has 0 radical (unpaired) electrons. The molecule has 14 aromatic carbocycles. The average molecular weight is 1550 g/mol. The quantitative estimate of drug-likeness (QED) is 0.141. The van der Waals surface area contributed by atoms with Gasteiger partial charge in [-0.3, -0.25) is 9.13 Å². The van der Waals surface area contributed by atoms with Crippen molar-refractivity contribution >= 4 is 149 Å². The summed E-state index contributed by atoms with van der Waals surface area (Å²) in [7, 11) is 0. The summed E-state index contributed by atoms with van der Waals surface area (Å²) in [6.45, 7) is 27.4. The summed E-state index contributed by atoms with van der Waals surface area (Å²) in [6.07, 6.45) is 0. The number of para-hydroxylation sites is 5. The van der Waals surface area contributed by atoms with Crippen LogP contribution in [-0.4, -0.2) is 30.4 Å². The van der Waals surface area contributed by atoms with Crippen LogP contribution in [0.5, 0.6) is 11.5 Å². The van der Waals surface area contributed by atoms with Gasteiger partial charge in [0.05, 0.1) is 66.6 Å². The summed E-state index contributed by atoms with van der Waals surface area (Å²) in [5.41, 5.74) is 29.8. The zero-order chi connectivity index (χ0) is 81.3. The molecule has 0 spiro atoms. The van der Waals surface area contributed by atoms with Gasteiger partial charge in [-0.05, 0) is 210 Å². The van der Waals surface area contributed by atoms with Gasteiger partial charge in [-0.2, -0.15) is 0 Å². The van der Waals surface area contributed by atoms with Crippen LogP contribution in [0.4, 0.5) is 17.1 Å². The summed E-state index contributed by atoms with van der Waals surface area (Å²) in [5.74, 6) is 3.16. The Balaban J connectivity index is 0.797. The number of aromatic nitrogens is 5. The van der Waals surface area contributed by atoms with Crippen molar-refractivity contribution in [2.24, 2.45) is 0 Å². The Hall–Kier alpha value is -14.0. The molecule has 2 aliphatic heterocycles. The first-order valence-corrected chi connectivity index (χ1v) is 42.0. The van der Waals surface area contributed by atoms with Crippen LogP contribution in [0.1, 0.15) is 105 Å². The molecule has 21 aromatic rings. The minimum absolute atomic E-state index is 0.0962. The van der Waals surface area contributed by atoms with Crippen molar-refractivity contribution in [3.05, 3.63) is 332 Å². The Morgan fingerprint density at radius 1 is 0.283 bits per heavy atom. The van der Waals surface area contributed by atoms with E-state index in [0.717, 1.165) is 206 Å². The van der Waals surface area contributed by atoms with Crippen molar-refractivity contribution in [3.8, 4) is 73.6 Å². The van der Waals surface area contributed by atoms with Gasteiger partial charge in [0.2, 0.25) is 0 Å². The average Bonchev–Trinajstić information content (AvgIpc) is 1.42. The van der Waals surface area contributed by atoms with Gasteiger partial charge in [0, 0.05) is 71.7 Å². The molecule has 0 bridgehead atoms. The highest BCUT2D eigenvalue weighted by molar-refractivity contribution is 6.99. The standard InChI is InChI=1S/C110H87BN6O3/c1-107(2,3)69-43-48-90-81(60-69)82-61-70(108(4,5)6)44-49-91(82)114(90)73-62-86(113-101(63-73)117-89-37-23-18-31-76(89)78-46-52-98-103(106(78)117)80-33-20-25-39-95(80)119-98)66-42-50-96-84(56-66)111-83-55-65(85-34-26-40-100(112-85)116-88-36-22-17-30-75(88)77-45-51-97-102(105(77)116)79-32-19-24-38-94(79)118-97)41-47-92(83)115(87-35-21-16-29-74(87)64-27-14-13-15-28-64)93-57-68(58-99(120-96)104(93)111)67-53-71(109(7,8)9)59-72(54-67)110(10,11)12/h13-63H,1-12H3. The van der Waals surface area contributed by atoms with Gasteiger partial charge in [-0.25, -0.2) is 9.97 Å². The molecule has 0 N–H and O–H groups in total. The number of fused-ring (bicyclic) bond motifs is 21. The number of ether oxygens (including phenoxy) is 1. The molecular weight excluding hydrogens is 1460 g/mol. The van der Waals surface area contributed by atoms with Crippen LogP contribution in [0.2, 0.25) is 0 Å². The van der Waals surface area contributed by atoms with Crippen LogP contribution >= 0.6 is 0 Å². The predicted octanol–water partition coefficient (Wildman–Crippen LogP) is 27.8. The second kappa shape index (κ2) is 25.8. The third-order valence-electron chi connectivity index (χ3n) is 25.7. The lowest BCUT2D eigenvalue weighted by Gasteiger charge is -2.41. The van der Waals surface area contributed by atoms with Gasteiger partial charge < -0.3 is 23.0 Å². The molecule has 578 valence electrons. The number of furan rings is 2. The van der Waals surface area contributed by atoms with Crippen LogP contribution in [0, 0.1) is 0 Å². The predicted molar refractivity (Wildman–Crippen MR) is 502 cm³/mol. The number of hydrogen-bond donors (Lipinski definition) is 0. The number of anilines is 3. The maximum absolute atomic E-state index is 7.79. The number of hydrogen-bond acceptors (Lipinski definition) is 6. The Bertz CT molecular complexity index is 7850. The lowest BCUT2D eigenvalue weighted by atomic mass is 9.34. The fourth-order valence-electron chi connectivity index (χ4n) is 19.5. The molecule has 10 heteroatoms. The molecule has 9 heterocycles. The molecule has 0 unspecified atom stereocenters. The third-order valence-corrected chi connectivity index (χ3v) is 25.7. The van der Waals surface area contributed by atoms with E-state index in [1.807, 2.05) is 6.07 Å². The van der Waals surface area contributed by atoms with Gasteiger partial charge in [0.15, 0.2) is 0 Å². The summed E-state index contributed by atoms with van der Waals surface area (Å²) in [5, 5.41) is 11.2. The van der Waals surface area contributed by atoms with Crippen LogP contribution in [-0.2, 0) is 21.7 Å². The Morgan fingerprint density at radius 3 is 1.42 bits per heavy atom. The number of benzene rings is 14. The fourth-order valence-corrected chi connectivity index (χ4v) is 19.5. The highest BCUT2D eigenvalue weighted by Crippen LogP contribution is 2.51. The maximum Gasteiger partial charge on any atom is 0.256 e. The van der Waals surface area contributed by atoms with Crippen molar-refractivity contribution in [3.63, 3.8) is 0 Å². The number of rotatable bonds is 8. The first kappa shape index (κ1) is 71.4. The fraction of sp³-hybridized carbons (Fsp3) is 0.145. The highest BCUT2D eigenvalue weighted by atomic mass is 16.5. The van der Waals surface area contributed by atoms with Gasteiger partial charge >= 0.3 is 0 Å². The molecule has 23 rings (SSSR count). The first-order valence-electron chi connectivity index (χ1n) is 42.0. The highest BCUT2D eigenvalue weighted by Gasteiger charge is 2.44. The van der Waals surface area contributed by atoms with Crippen LogP contribution < -0.4 is 26.0 Å². The molecule has 2 aliphatic rings. The molecule has 0 amide bonds. The number of pyridine rings is 2. The summed E-state index contributed by atoms with van der Waals surface area (Å²) >= 11 is 0. The Labute approximate surface area is 697 Å². The van der Waals surface area contributed by atoms with Crippen LogP contribution in [0.3, 0.4) is 0 Å². The molecule has 0 saturated carbocycles. The molecule has 0 aliphatic carbocycles. The van der Waals surface area contributed by atoms with Crippen LogP contribution in [0.25, 0.3) is 171 Å². The minimum Gasteiger partial charge on any atom is -0.458 e. The topological polar surface area (TPSA) is 79.3 Å².